The Kier molecular flexibility index (Phi) is 9.46. The van der Waals surface area contributed by atoms with Crippen LogP contribution in [0, 0.1) is 10.1 Å². The molecule has 0 saturated heterocycles. The van der Waals surface area contributed by atoms with Crippen molar-refractivity contribution in [1.82, 2.24) is 0 Å². The predicted molar refractivity (Wildman–Crippen MR) is 90.1 cm³/mol. The first kappa shape index (κ1) is 20.8. The van der Waals surface area contributed by atoms with Gasteiger partial charge in [0, 0.05) is 6.07 Å². The van der Waals surface area contributed by atoms with Crippen molar-refractivity contribution in [2.45, 2.75) is 51.9 Å². The molecule has 0 spiro atoms. The first-order valence-electron chi connectivity index (χ1n) is 7.64. The van der Waals surface area contributed by atoms with E-state index in [1.807, 2.05) is 19.9 Å². The van der Waals surface area contributed by atoms with E-state index in [1.165, 1.54) is 6.07 Å². The van der Waals surface area contributed by atoms with Crippen molar-refractivity contribution in [1.29, 1.82) is 0 Å². The highest BCUT2D eigenvalue weighted by molar-refractivity contribution is 5.39. The first-order chi connectivity index (χ1) is 10.7. The first-order valence-corrected chi connectivity index (χ1v) is 7.64. The Bertz CT molecular complexity index is 480. The molecule has 0 fully saturated rings. The van der Waals surface area contributed by atoms with Crippen LogP contribution in [0.25, 0.3) is 0 Å². The second-order valence-electron chi connectivity index (χ2n) is 5.83. The molecule has 0 aliphatic rings. The summed E-state index contributed by atoms with van der Waals surface area (Å²) in [7, 11) is 0. The third kappa shape index (κ3) is 9.39. The Hall–Kier alpha value is -2.24. The summed E-state index contributed by atoms with van der Waals surface area (Å²) in [5.41, 5.74) is 0.602. The zero-order chi connectivity index (χ0) is 17.9. The molecule has 0 amide bonds. The van der Waals surface area contributed by atoms with Crippen LogP contribution in [0.5, 0.6) is 11.5 Å². The molecule has 6 heteroatoms. The molecule has 1 rings (SSSR count). The minimum Gasteiger partial charge on any atom is -0.508 e. The van der Waals surface area contributed by atoms with Gasteiger partial charge in [0.1, 0.15) is 11.5 Å². The Morgan fingerprint density at radius 2 is 1.78 bits per heavy atom. The van der Waals surface area contributed by atoms with Crippen molar-refractivity contribution in [3.8, 4) is 11.5 Å². The number of nitrogens with zero attached hydrogens (tertiary/aromatic N) is 1. The van der Waals surface area contributed by atoms with Gasteiger partial charge in [0.25, 0.3) is 5.09 Å². The number of hydrogen-bond donors (Lipinski definition) is 2. The van der Waals surface area contributed by atoms with E-state index >= 15 is 0 Å². The van der Waals surface area contributed by atoms with Gasteiger partial charge >= 0.3 is 0 Å². The second kappa shape index (κ2) is 10.5. The number of hydrogen-bond acceptors (Lipinski definition) is 5. The fourth-order valence-electron chi connectivity index (χ4n) is 1.94. The third-order valence-electron chi connectivity index (χ3n) is 3.37. The highest BCUT2D eigenvalue weighted by Gasteiger charge is 2.21. The largest absolute Gasteiger partial charge is 0.508 e. The average Bonchev–Trinajstić information content (AvgIpc) is 2.45. The van der Waals surface area contributed by atoms with Crippen molar-refractivity contribution in [3.05, 3.63) is 46.5 Å². The minimum atomic E-state index is -0.793. The number of benzene rings is 1. The number of allylic oxidation sites excluding steroid dienone is 1. The van der Waals surface area contributed by atoms with E-state index in [2.05, 4.69) is 18.3 Å². The number of phenols is 2. The summed E-state index contributed by atoms with van der Waals surface area (Å²) in [5, 5.41) is 28.1. The topological polar surface area (TPSA) is 92.8 Å². The summed E-state index contributed by atoms with van der Waals surface area (Å²) in [6.07, 6.45) is 5.09. The van der Waals surface area contributed by atoms with Gasteiger partial charge in [-0.25, -0.2) is 0 Å². The van der Waals surface area contributed by atoms with E-state index in [-0.39, 0.29) is 23.5 Å². The predicted octanol–water partition coefficient (Wildman–Crippen LogP) is 4.34. The van der Waals surface area contributed by atoms with E-state index in [0.717, 1.165) is 24.8 Å². The van der Waals surface area contributed by atoms with Crippen molar-refractivity contribution >= 4 is 0 Å². The molecule has 0 radical (unpaired) electrons. The van der Waals surface area contributed by atoms with Gasteiger partial charge in [0.05, 0.1) is 6.61 Å². The maximum atomic E-state index is 9.98. The number of rotatable bonds is 8. The van der Waals surface area contributed by atoms with E-state index in [1.54, 1.807) is 12.1 Å². The average molecular weight is 325 g/mol. The van der Waals surface area contributed by atoms with Gasteiger partial charge in [0.2, 0.25) is 0 Å². The number of unbranched alkanes of at least 4 members (excludes halogenated alkanes) is 1. The van der Waals surface area contributed by atoms with Crippen LogP contribution in [-0.4, -0.2) is 21.9 Å². The molecule has 23 heavy (non-hydrogen) atoms. The van der Waals surface area contributed by atoms with Gasteiger partial charge in [-0.3, -0.25) is 0 Å². The Labute approximate surface area is 137 Å². The maximum absolute atomic E-state index is 9.98. The van der Waals surface area contributed by atoms with Crippen molar-refractivity contribution in [3.63, 3.8) is 0 Å². The van der Waals surface area contributed by atoms with Crippen molar-refractivity contribution in [2.75, 3.05) is 6.61 Å². The van der Waals surface area contributed by atoms with Gasteiger partial charge in [-0.15, -0.1) is 16.7 Å². The van der Waals surface area contributed by atoms with Crippen LogP contribution >= 0.6 is 0 Å². The summed E-state index contributed by atoms with van der Waals surface area (Å²) in [4.78, 5) is 14.2. The SMILES string of the molecule is C=CCC.CC(C)(CCCCO[N+](=O)[O-])c1cc(O)cc(O)c1. The minimum absolute atomic E-state index is 0.0276. The fourth-order valence-corrected chi connectivity index (χ4v) is 1.94. The lowest BCUT2D eigenvalue weighted by Crippen LogP contribution is -2.17. The molecule has 2 N–H and O–H groups in total. The molecule has 0 atom stereocenters. The van der Waals surface area contributed by atoms with Gasteiger partial charge in [-0.05, 0) is 42.4 Å². The standard InChI is InChI=1S/C13H19NO5.C4H8/c1-13(2,5-3-4-6-19-14(17)18)10-7-11(15)9-12(16)8-10;1-3-4-2/h7-9,15-16H,3-6H2,1-2H3;3H,1,4H2,2H3. The van der Waals surface area contributed by atoms with Crippen LogP contribution in [0.1, 0.15) is 52.0 Å². The maximum Gasteiger partial charge on any atom is 0.294 e. The lowest BCUT2D eigenvalue weighted by molar-refractivity contribution is -0.757. The molecule has 1 aromatic carbocycles. The quantitative estimate of drug-likeness (QED) is 0.321. The summed E-state index contributed by atoms with van der Waals surface area (Å²) in [6.45, 7) is 9.62. The lowest BCUT2D eigenvalue weighted by atomic mass is 9.80. The molecule has 0 aromatic heterocycles. The molecule has 0 bridgehead atoms. The highest BCUT2D eigenvalue weighted by Crippen LogP contribution is 2.33. The summed E-state index contributed by atoms with van der Waals surface area (Å²) in [5.74, 6) is 0.0551. The zero-order valence-corrected chi connectivity index (χ0v) is 14.1. The normalized spacial score (nSPS) is 10.4. The van der Waals surface area contributed by atoms with Crippen LogP contribution < -0.4 is 0 Å². The molecule has 6 nitrogen and oxygen atoms in total. The lowest BCUT2D eigenvalue weighted by Gasteiger charge is -2.25. The molecule has 0 unspecified atom stereocenters. The van der Waals surface area contributed by atoms with Gasteiger partial charge < -0.3 is 15.1 Å². The second-order valence-corrected chi connectivity index (χ2v) is 5.83. The molecule has 130 valence electrons. The van der Waals surface area contributed by atoms with E-state index in [0.29, 0.717) is 6.42 Å². The molecule has 1 aromatic rings. The highest BCUT2D eigenvalue weighted by atomic mass is 16.9. The molecule has 0 saturated carbocycles. The van der Waals surface area contributed by atoms with Gasteiger partial charge in [-0.2, -0.15) is 0 Å². The molecular weight excluding hydrogens is 298 g/mol. The Morgan fingerprint density at radius 3 is 2.22 bits per heavy atom. The van der Waals surface area contributed by atoms with E-state index in [9.17, 15) is 20.3 Å². The molecule has 0 aliphatic heterocycles. The van der Waals surface area contributed by atoms with E-state index in [4.69, 9.17) is 0 Å². The molecular formula is C17H27NO5. The van der Waals surface area contributed by atoms with Crippen LogP contribution in [0.2, 0.25) is 0 Å². The fraction of sp³-hybridized carbons (Fsp3) is 0.529. The smallest absolute Gasteiger partial charge is 0.294 e. The van der Waals surface area contributed by atoms with Crippen LogP contribution in [-0.2, 0) is 10.3 Å². The van der Waals surface area contributed by atoms with Crippen molar-refractivity contribution < 1.29 is 20.1 Å². The summed E-state index contributed by atoms with van der Waals surface area (Å²) >= 11 is 0. The summed E-state index contributed by atoms with van der Waals surface area (Å²) in [6, 6.07) is 4.52. The van der Waals surface area contributed by atoms with Crippen molar-refractivity contribution in [2.24, 2.45) is 0 Å². The summed E-state index contributed by atoms with van der Waals surface area (Å²) < 4.78 is 0. The monoisotopic (exact) mass is 325 g/mol. The number of aromatic hydroxyl groups is 2. The molecule has 0 heterocycles. The Morgan fingerprint density at radius 1 is 1.26 bits per heavy atom. The van der Waals surface area contributed by atoms with Gasteiger partial charge in [-0.1, -0.05) is 33.3 Å². The van der Waals surface area contributed by atoms with Crippen LogP contribution in [0.3, 0.4) is 0 Å². The third-order valence-corrected chi connectivity index (χ3v) is 3.37. The Balaban J connectivity index is 0.00000108. The number of phenolic OH excluding ortho intramolecular Hbond substituents is 2. The van der Waals surface area contributed by atoms with Crippen LogP contribution in [0.4, 0.5) is 0 Å². The van der Waals surface area contributed by atoms with E-state index < -0.39 is 5.09 Å². The zero-order valence-electron chi connectivity index (χ0n) is 14.1. The van der Waals surface area contributed by atoms with Gasteiger partial charge in [0.15, 0.2) is 0 Å². The molecule has 0 aliphatic carbocycles. The van der Waals surface area contributed by atoms with Crippen LogP contribution in [0.15, 0.2) is 30.9 Å².